The van der Waals surface area contributed by atoms with Crippen LogP contribution in [0, 0.1) is 0 Å². The van der Waals surface area contributed by atoms with Crippen LogP contribution in [0.15, 0.2) is 23.2 Å². The molecule has 1 N–H and O–H groups in total. The number of anilines is 1. The van der Waals surface area contributed by atoms with Gasteiger partial charge in [-0.15, -0.1) is 6.58 Å². The van der Waals surface area contributed by atoms with Gasteiger partial charge in [0.15, 0.2) is 5.82 Å². The van der Waals surface area contributed by atoms with Crippen molar-refractivity contribution in [2.24, 2.45) is 0 Å². The van der Waals surface area contributed by atoms with Crippen molar-refractivity contribution >= 4 is 11.7 Å². The molecule has 0 aliphatic rings. The summed E-state index contributed by atoms with van der Waals surface area (Å²) in [5.41, 5.74) is 0. The van der Waals surface area contributed by atoms with Gasteiger partial charge in [0.1, 0.15) is 5.76 Å². The van der Waals surface area contributed by atoms with Crippen LogP contribution >= 0.6 is 0 Å². The van der Waals surface area contributed by atoms with Crippen LogP contribution in [0.3, 0.4) is 0 Å². The molecule has 1 rings (SSSR count). The molecule has 0 unspecified atom stereocenters. The molecule has 1 heterocycles. The number of carbonyl (C=O) groups is 1. The summed E-state index contributed by atoms with van der Waals surface area (Å²) in [4.78, 5) is 10.6. The Balaban J connectivity index is 2.63. The van der Waals surface area contributed by atoms with E-state index in [1.54, 1.807) is 12.1 Å². The molecule has 1 aromatic rings. The fraction of sp³-hybridized carbons (Fsp3) is 0.250. The lowest BCUT2D eigenvalue weighted by Gasteiger charge is -1.90. The Bertz CT molecular complexity index is 291. The fourth-order valence-corrected chi connectivity index (χ4v) is 0.791. The Kier molecular flexibility index (Phi) is 2.63. The first-order chi connectivity index (χ1) is 5.72. The minimum atomic E-state index is -0.159. The van der Waals surface area contributed by atoms with E-state index in [4.69, 9.17) is 4.52 Å². The van der Waals surface area contributed by atoms with Gasteiger partial charge in [-0.3, -0.25) is 4.79 Å². The molecule has 4 heteroatoms. The second kappa shape index (κ2) is 3.71. The summed E-state index contributed by atoms with van der Waals surface area (Å²) in [5, 5.41) is 6.13. The standard InChI is InChI=1S/C8H10N2O2/c1-3-4-7-5-8(10-12-7)9-6(2)11/h3,5H,1,4H2,2H3,(H,9,10,11). The zero-order valence-electron chi connectivity index (χ0n) is 6.83. The highest BCUT2D eigenvalue weighted by Crippen LogP contribution is 2.08. The normalized spacial score (nSPS) is 9.42. The van der Waals surface area contributed by atoms with Crippen LogP contribution in [0.4, 0.5) is 5.82 Å². The van der Waals surface area contributed by atoms with Crippen LogP contribution in [0.5, 0.6) is 0 Å². The Morgan fingerprint density at radius 2 is 2.67 bits per heavy atom. The molecule has 0 fully saturated rings. The summed E-state index contributed by atoms with van der Waals surface area (Å²) < 4.78 is 4.87. The molecule has 0 atom stereocenters. The lowest BCUT2D eigenvalue weighted by molar-refractivity contribution is -0.114. The predicted octanol–water partition coefficient (Wildman–Crippen LogP) is 1.36. The van der Waals surface area contributed by atoms with Gasteiger partial charge in [-0.05, 0) is 0 Å². The summed E-state index contributed by atoms with van der Waals surface area (Å²) in [5.74, 6) is 0.974. The van der Waals surface area contributed by atoms with Crippen molar-refractivity contribution in [3.8, 4) is 0 Å². The molecule has 4 nitrogen and oxygen atoms in total. The number of hydrogen-bond acceptors (Lipinski definition) is 3. The van der Waals surface area contributed by atoms with E-state index in [2.05, 4.69) is 17.1 Å². The lowest BCUT2D eigenvalue weighted by Crippen LogP contribution is -2.05. The highest BCUT2D eigenvalue weighted by Gasteiger charge is 2.02. The molecule has 0 bridgehead atoms. The average molecular weight is 166 g/mol. The number of hydrogen-bond donors (Lipinski definition) is 1. The molecule has 0 aliphatic heterocycles. The number of allylic oxidation sites excluding steroid dienone is 1. The second-order valence-corrected chi connectivity index (χ2v) is 2.35. The highest BCUT2D eigenvalue weighted by atomic mass is 16.5. The largest absolute Gasteiger partial charge is 0.359 e. The summed E-state index contributed by atoms with van der Waals surface area (Å²) in [6.07, 6.45) is 2.32. The SMILES string of the molecule is C=CCc1cc(NC(C)=O)no1. The Morgan fingerprint density at radius 3 is 3.25 bits per heavy atom. The molecule has 0 radical (unpaired) electrons. The molecule has 1 aromatic heterocycles. The molecule has 0 spiro atoms. The first-order valence-electron chi connectivity index (χ1n) is 3.56. The van der Waals surface area contributed by atoms with Crippen LogP contribution in [0.2, 0.25) is 0 Å². The minimum absolute atomic E-state index is 0.159. The van der Waals surface area contributed by atoms with Crippen molar-refractivity contribution in [3.63, 3.8) is 0 Å². The van der Waals surface area contributed by atoms with Crippen molar-refractivity contribution < 1.29 is 9.32 Å². The Labute approximate surface area is 70.2 Å². The number of aromatic nitrogens is 1. The van der Waals surface area contributed by atoms with Crippen molar-refractivity contribution in [2.45, 2.75) is 13.3 Å². The van der Waals surface area contributed by atoms with Crippen LogP contribution in [0.1, 0.15) is 12.7 Å². The maximum atomic E-state index is 10.6. The molecule has 12 heavy (non-hydrogen) atoms. The molecular weight excluding hydrogens is 156 g/mol. The van der Waals surface area contributed by atoms with E-state index in [0.717, 1.165) is 0 Å². The van der Waals surface area contributed by atoms with E-state index in [-0.39, 0.29) is 5.91 Å². The molecule has 0 aliphatic carbocycles. The lowest BCUT2D eigenvalue weighted by atomic mass is 10.3. The third-order valence-electron chi connectivity index (χ3n) is 1.21. The van der Waals surface area contributed by atoms with Crippen molar-refractivity contribution in [1.82, 2.24) is 5.16 Å². The van der Waals surface area contributed by atoms with E-state index in [0.29, 0.717) is 18.0 Å². The molecule has 64 valence electrons. The zero-order chi connectivity index (χ0) is 8.97. The Morgan fingerprint density at radius 1 is 1.92 bits per heavy atom. The molecule has 0 saturated carbocycles. The van der Waals surface area contributed by atoms with Crippen molar-refractivity contribution in [1.29, 1.82) is 0 Å². The van der Waals surface area contributed by atoms with Gasteiger partial charge in [0, 0.05) is 19.4 Å². The number of nitrogens with one attached hydrogen (secondary N) is 1. The number of carbonyl (C=O) groups excluding carboxylic acids is 1. The summed E-state index contributed by atoms with van der Waals surface area (Å²) >= 11 is 0. The average Bonchev–Trinajstić information content (AvgIpc) is 2.36. The maximum Gasteiger partial charge on any atom is 0.222 e. The van der Waals surface area contributed by atoms with Gasteiger partial charge < -0.3 is 9.84 Å². The maximum absolute atomic E-state index is 10.6. The predicted molar refractivity (Wildman–Crippen MR) is 44.7 cm³/mol. The second-order valence-electron chi connectivity index (χ2n) is 2.35. The van der Waals surface area contributed by atoms with Gasteiger partial charge in [0.25, 0.3) is 0 Å². The molecule has 1 amide bonds. The topological polar surface area (TPSA) is 55.1 Å². The zero-order valence-corrected chi connectivity index (χ0v) is 6.83. The van der Waals surface area contributed by atoms with Crippen molar-refractivity contribution in [3.05, 3.63) is 24.5 Å². The van der Waals surface area contributed by atoms with Crippen molar-refractivity contribution in [2.75, 3.05) is 5.32 Å². The number of nitrogens with zero attached hydrogens (tertiary/aromatic N) is 1. The third kappa shape index (κ3) is 2.23. The first-order valence-corrected chi connectivity index (χ1v) is 3.56. The minimum Gasteiger partial charge on any atom is -0.359 e. The van der Waals surface area contributed by atoms with Gasteiger partial charge >= 0.3 is 0 Å². The van der Waals surface area contributed by atoms with Gasteiger partial charge in [-0.2, -0.15) is 0 Å². The molecular formula is C8H10N2O2. The van der Waals surface area contributed by atoms with Crippen LogP contribution < -0.4 is 5.32 Å². The van der Waals surface area contributed by atoms with E-state index >= 15 is 0 Å². The van der Waals surface area contributed by atoms with Gasteiger partial charge in [-0.25, -0.2) is 0 Å². The monoisotopic (exact) mass is 166 g/mol. The summed E-state index contributed by atoms with van der Waals surface area (Å²) in [6, 6.07) is 1.67. The summed E-state index contributed by atoms with van der Waals surface area (Å²) in [6.45, 7) is 4.97. The number of rotatable bonds is 3. The summed E-state index contributed by atoms with van der Waals surface area (Å²) in [7, 11) is 0. The van der Waals surface area contributed by atoms with Crippen LogP contribution in [-0.2, 0) is 11.2 Å². The highest BCUT2D eigenvalue weighted by molar-refractivity contribution is 5.87. The van der Waals surface area contributed by atoms with Gasteiger partial charge in [-0.1, -0.05) is 11.2 Å². The fourth-order valence-electron chi connectivity index (χ4n) is 0.791. The van der Waals surface area contributed by atoms with Gasteiger partial charge in [0.05, 0.1) is 0 Å². The smallest absolute Gasteiger partial charge is 0.222 e. The van der Waals surface area contributed by atoms with E-state index in [1.165, 1.54) is 6.92 Å². The van der Waals surface area contributed by atoms with E-state index in [9.17, 15) is 4.79 Å². The number of amides is 1. The quantitative estimate of drug-likeness (QED) is 0.690. The van der Waals surface area contributed by atoms with E-state index < -0.39 is 0 Å². The first kappa shape index (κ1) is 8.52. The molecule has 0 aromatic carbocycles. The van der Waals surface area contributed by atoms with Crippen LogP contribution in [0.25, 0.3) is 0 Å². The third-order valence-corrected chi connectivity index (χ3v) is 1.21. The van der Waals surface area contributed by atoms with Crippen LogP contribution in [-0.4, -0.2) is 11.1 Å². The molecule has 0 saturated heterocycles. The van der Waals surface area contributed by atoms with Gasteiger partial charge in [0.2, 0.25) is 5.91 Å². The Hall–Kier alpha value is -1.58. The van der Waals surface area contributed by atoms with E-state index in [1.807, 2.05) is 0 Å².